The van der Waals surface area contributed by atoms with Crippen LogP contribution in [0.5, 0.6) is 0 Å². The minimum Gasteiger partial charge on any atom is -0.345 e. The van der Waals surface area contributed by atoms with Gasteiger partial charge >= 0.3 is 5.00 Å². The van der Waals surface area contributed by atoms with Gasteiger partial charge in [0.15, 0.2) is 5.11 Å². The molecule has 12 heteroatoms. The number of benzene rings is 1. The number of hydrogen-bond acceptors (Lipinski definition) is 7. The number of hydrogen-bond donors (Lipinski definition) is 1. The van der Waals surface area contributed by atoms with E-state index in [1.54, 1.807) is 17.0 Å². The molecule has 1 amide bonds. The Labute approximate surface area is 168 Å². The van der Waals surface area contributed by atoms with Crippen molar-refractivity contribution in [1.29, 1.82) is 0 Å². The van der Waals surface area contributed by atoms with Crippen molar-refractivity contribution in [1.82, 2.24) is 9.80 Å². The predicted octanol–water partition coefficient (Wildman–Crippen LogP) is 2.72. The fourth-order valence-corrected chi connectivity index (χ4v) is 3.77. The number of nitrogens with zero attached hydrogens (tertiary/aromatic N) is 4. The number of anilines is 1. The lowest BCUT2D eigenvalue weighted by Gasteiger charge is -2.36. The second kappa shape index (κ2) is 8.27. The number of rotatable bonds is 4. The van der Waals surface area contributed by atoms with E-state index in [2.05, 4.69) is 5.32 Å². The summed E-state index contributed by atoms with van der Waals surface area (Å²) >= 11 is 6.24. The summed E-state index contributed by atoms with van der Waals surface area (Å²) in [4.78, 5) is 36.8. The minimum atomic E-state index is -0.512. The number of non-ortho nitro benzene ring substituents is 1. The van der Waals surface area contributed by atoms with Crippen LogP contribution >= 0.6 is 23.6 Å². The zero-order chi connectivity index (χ0) is 20.3. The van der Waals surface area contributed by atoms with Gasteiger partial charge in [-0.15, -0.1) is 0 Å². The molecule has 1 aromatic carbocycles. The van der Waals surface area contributed by atoms with Crippen LogP contribution in [0.1, 0.15) is 9.67 Å². The number of nitrogens with one attached hydrogen (secondary N) is 1. The number of carbonyl (C=O) groups excluding carboxylic acids is 1. The van der Waals surface area contributed by atoms with E-state index in [0.717, 1.165) is 11.3 Å². The molecule has 0 spiro atoms. The van der Waals surface area contributed by atoms with Crippen molar-refractivity contribution < 1.29 is 14.6 Å². The van der Waals surface area contributed by atoms with E-state index in [1.165, 1.54) is 24.3 Å². The van der Waals surface area contributed by atoms with Crippen LogP contribution in [0.25, 0.3) is 0 Å². The molecule has 2 aromatic rings. The van der Waals surface area contributed by atoms with Crippen LogP contribution in [0, 0.1) is 20.2 Å². The number of nitro benzene ring substituents is 1. The summed E-state index contributed by atoms with van der Waals surface area (Å²) < 4.78 is 0. The van der Waals surface area contributed by atoms with Gasteiger partial charge in [0, 0.05) is 50.1 Å². The van der Waals surface area contributed by atoms with Crippen molar-refractivity contribution in [2.75, 3.05) is 31.5 Å². The monoisotopic (exact) mass is 421 g/mol. The number of amides is 1. The third-order valence-corrected chi connectivity index (χ3v) is 5.55. The molecule has 146 valence electrons. The van der Waals surface area contributed by atoms with Crippen molar-refractivity contribution >= 4 is 51.0 Å². The summed E-state index contributed by atoms with van der Waals surface area (Å²) in [7, 11) is 0. The molecular formula is C16H15N5O5S2. The first-order valence-electron chi connectivity index (χ1n) is 8.19. The molecule has 0 bridgehead atoms. The third-order valence-electron chi connectivity index (χ3n) is 4.17. The Hall–Kier alpha value is -3.12. The maximum absolute atomic E-state index is 12.5. The van der Waals surface area contributed by atoms with Crippen LogP contribution in [0.3, 0.4) is 0 Å². The quantitative estimate of drug-likeness (QED) is 0.454. The highest BCUT2D eigenvalue weighted by Gasteiger charge is 2.25. The summed E-state index contributed by atoms with van der Waals surface area (Å²) in [5.74, 6) is -0.230. The molecule has 1 aliphatic rings. The Morgan fingerprint density at radius 1 is 0.964 bits per heavy atom. The minimum absolute atomic E-state index is 0.00240. The zero-order valence-corrected chi connectivity index (χ0v) is 16.1. The Morgan fingerprint density at radius 3 is 2.11 bits per heavy atom. The first kappa shape index (κ1) is 19.6. The highest BCUT2D eigenvalue weighted by atomic mass is 32.1. The fourth-order valence-electron chi connectivity index (χ4n) is 2.68. The van der Waals surface area contributed by atoms with Gasteiger partial charge in [-0.1, -0.05) is 11.3 Å². The molecule has 28 heavy (non-hydrogen) atoms. The standard InChI is InChI=1S/C16H15N5O5S2/c22-15(13-5-6-14(28-13)21(25)26)18-7-9-19(10-8-18)16(27)17-11-1-3-12(4-2-11)20(23)24/h1-6H,7-10H2,(H,17,27). The van der Waals surface area contributed by atoms with Gasteiger partial charge in [-0.3, -0.25) is 25.0 Å². The summed E-state index contributed by atoms with van der Waals surface area (Å²) in [6, 6.07) is 8.74. The molecule has 3 rings (SSSR count). The average molecular weight is 421 g/mol. The normalized spacial score (nSPS) is 13.9. The maximum Gasteiger partial charge on any atom is 0.324 e. The molecular weight excluding hydrogens is 406 g/mol. The van der Waals surface area contributed by atoms with Crippen LogP contribution in [0.15, 0.2) is 36.4 Å². The summed E-state index contributed by atoms with van der Waals surface area (Å²) in [6.07, 6.45) is 0. The Bertz CT molecular complexity index is 922. The molecule has 0 saturated carbocycles. The van der Waals surface area contributed by atoms with Crippen LogP contribution in [-0.4, -0.2) is 56.8 Å². The lowest BCUT2D eigenvalue weighted by Crippen LogP contribution is -2.51. The van der Waals surface area contributed by atoms with E-state index < -0.39 is 9.85 Å². The van der Waals surface area contributed by atoms with Crippen molar-refractivity contribution in [3.05, 3.63) is 61.5 Å². The first-order chi connectivity index (χ1) is 13.3. The zero-order valence-electron chi connectivity index (χ0n) is 14.4. The van der Waals surface area contributed by atoms with Crippen molar-refractivity contribution in [3.63, 3.8) is 0 Å². The van der Waals surface area contributed by atoms with Gasteiger partial charge in [-0.2, -0.15) is 0 Å². The lowest BCUT2D eigenvalue weighted by molar-refractivity contribution is -0.384. The van der Waals surface area contributed by atoms with Crippen LogP contribution in [0.2, 0.25) is 0 Å². The topological polar surface area (TPSA) is 122 Å². The Kier molecular flexibility index (Phi) is 5.80. The molecule has 10 nitrogen and oxygen atoms in total. The summed E-state index contributed by atoms with van der Waals surface area (Å²) in [6.45, 7) is 1.90. The van der Waals surface area contributed by atoms with Gasteiger partial charge in [0.05, 0.1) is 14.7 Å². The second-order valence-electron chi connectivity index (χ2n) is 5.91. The third kappa shape index (κ3) is 4.40. The van der Waals surface area contributed by atoms with Gasteiger partial charge < -0.3 is 15.1 Å². The molecule has 0 unspecified atom stereocenters. The smallest absolute Gasteiger partial charge is 0.324 e. The Morgan fingerprint density at radius 2 is 1.57 bits per heavy atom. The van der Waals surface area contributed by atoms with Crippen LogP contribution in [0.4, 0.5) is 16.4 Å². The number of carbonyl (C=O) groups is 1. The summed E-state index contributed by atoms with van der Waals surface area (Å²) in [5.41, 5.74) is 0.636. The van der Waals surface area contributed by atoms with Gasteiger partial charge in [-0.05, 0) is 30.4 Å². The Balaban J connectivity index is 1.54. The number of thiophene rings is 1. The summed E-state index contributed by atoms with van der Waals surface area (Å²) in [5, 5.41) is 24.9. The molecule has 1 aromatic heterocycles. The van der Waals surface area contributed by atoms with Crippen molar-refractivity contribution in [2.45, 2.75) is 0 Å². The molecule has 1 N–H and O–H groups in total. The number of thiocarbonyl (C=S) groups is 1. The largest absolute Gasteiger partial charge is 0.345 e. The average Bonchev–Trinajstić information content (AvgIpc) is 3.18. The van der Waals surface area contributed by atoms with Gasteiger partial charge in [0.25, 0.3) is 11.6 Å². The van der Waals surface area contributed by atoms with E-state index in [1.807, 2.05) is 4.90 Å². The van der Waals surface area contributed by atoms with Crippen LogP contribution in [-0.2, 0) is 0 Å². The predicted molar refractivity (Wildman–Crippen MR) is 108 cm³/mol. The van der Waals surface area contributed by atoms with Crippen LogP contribution < -0.4 is 5.32 Å². The highest BCUT2D eigenvalue weighted by Crippen LogP contribution is 2.25. The lowest BCUT2D eigenvalue weighted by atomic mass is 10.3. The molecule has 0 radical (unpaired) electrons. The highest BCUT2D eigenvalue weighted by molar-refractivity contribution is 7.80. The molecule has 2 heterocycles. The number of nitro groups is 2. The van der Waals surface area contributed by atoms with Crippen molar-refractivity contribution in [3.8, 4) is 0 Å². The van der Waals surface area contributed by atoms with Gasteiger partial charge in [0.1, 0.15) is 0 Å². The van der Waals surface area contributed by atoms with E-state index in [4.69, 9.17) is 12.2 Å². The van der Waals surface area contributed by atoms with E-state index in [9.17, 15) is 25.0 Å². The first-order valence-corrected chi connectivity index (χ1v) is 9.41. The molecule has 1 saturated heterocycles. The molecule has 1 fully saturated rings. The second-order valence-corrected chi connectivity index (χ2v) is 7.36. The van der Waals surface area contributed by atoms with Gasteiger partial charge in [-0.25, -0.2) is 0 Å². The maximum atomic E-state index is 12.5. The molecule has 0 atom stereocenters. The SMILES string of the molecule is O=C(c1ccc([N+](=O)[O-])s1)N1CCN(C(=S)Nc2ccc([N+](=O)[O-])cc2)CC1. The van der Waals surface area contributed by atoms with E-state index >= 15 is 0 Å². The van der Waals surface area contributed by atoms with E-state index in [-0.39, 0.29) is 16.6 Å². The fraction of sp³-hybridized carbons (Fsp3) is 0.250. The number of piperazine rings is 1. The van der Waals surface area contributed by atoms with Crippen molar-refractivity contribution in [2.24, 2.45) is 0 Å². The molecule has 0 aliphatic carbocycles. The van der Waals surface area contributed by atoms with Gasteiger partial charge in [0.2, 0.25) is 0 Å². The molecule has 1 aliphatic heterocycles. The van der Waals surface area contributed by atoms with E-state index in [0.29, 0.717) is 41.9 Å².